The number of hydrogen-bond donors (Lipinski definition) is 0. The summed E-state index contributed by atoms with van der Waals surface area (Å²) in [6, 6.07) is 0.529. The smallest absolute Gasteiger partial charge is 0.223 e. The second kappa shape index (κ2) is 6.57. The van der Waals surface area contributed by atoms with Crippen molar-refractivity contribution in [3.63, 3.8) is 0 Å². The topological polar surface area (TPSA) is 38.1 Å². The summed E-state index contributed by atoms with van der Waals surface area (Å²) in [4.78, 5) is 18.1. The summed E-state index contributed by atoms with van der Waals surface area (Å²) >= 11 is 0. The molecule has 1 aromatic rings. The largest absolute Gasteiger partial charge is 0.338 e. The highest BCUT2D eigenvalue weighted by atomic mass is 16.2. The van der Waals surface area contributed by atoms with E-state index in [9.17, 15) is 4.79 Å². The van der Waals surface area contributed by atoms with Crippen LogP contribution < -0.4 is 0 Å². The van der Waals surface area contributed by atoms with E-state index >= 15 is 0 Å². The molecule has 101 valence electrons. The number of carbonyl (C=O) groups is 1. The van der Waals surface area contributed by atoms with Crippen LogP contribution in [0.5, 0.6) is 0 Å². The fourth-order valence-electron chi connectivity index (χ4n) is 2.28. The highest BCUT2D eigenvalue weighted by Gasteiger charge is 2.19. The molecule has 4 heteroatoms. The zero-order valence-electron chi connectivity index (χ0n) is 12.1. The minimum Gasteiger partial charge on any atom is -0.338 e. The SMILES string of the molecule is Cc1n[c]cn1CCCC(=O)N(C(C)C)C(C)C. The van der Waals surface area contributed by atoms with Crippen LogP contribution in [0.25, 0.3) is 0 Å². The predicted octanol–water partition coefficient (Wildman–Crippen LogP) is 2.42. The van der Waals surface area contributed by atoms with Gasteiger partial charge in [0.15, 0.2) is 0 Å². The molecule has 0 atom stereocenters. The first-order chi connectivity index (χ1) is 8.43. The van der Waals surface area contributed by atoms with E-state index in [1.54, 1.807) is 0 Å². The van der Waals surface area contributed by atoms with Gasteiger partial charge in [-0.3, -0.25) is 4.79 Å². The zero-order valence-corrected chi connectivity index (χ0v) is 12.1. The summed E-state index contributed by atoms with van der Waals surface area (Å²) < 4.78 is 2.03. The molecule has 0 saturated heterocycles. The van der Waals surface area contributed by atoms with Gasteiger partial charge in [0.25, 0.3) is 0 Å². The first kappa shape index (κ1) is 14.7. The summed E-state index contributed by atoms with van der Waals surface area (Å²) in [5.41, 5.74) is 0. The molecule has 1 radical (unpaired) electrons. The number of hydrogen-bond acceptors (Lipinski definition) is 2. The number of rotatable bonds is 6. The molecule has 0 unspecified atom stereocenters. The maximum Gasteiger partial charge on any atom is 0.223 e. The van der Waals surface area contributed by atoms with E-state index in [0.29, 0.717) is 6.42 Å². The quantitative estimate of drug-likeness (QED) is 0.777. The van der Waals surface area contributed by atoms with Crippen molar-refractivity contribution in [1.82, 2.24) is 14.5 Å². The van der Waals surface area contributed by atoms with E-state index in [4.69, 9.17) is 0 Å². The average molecular weight is 250 g/mol. The Bertz CT molecular complexity index is 374. The van der Waals surface area contributed by atoms with Crippen molar-refractivity contribution in [1.29, 1.82) is 0 Å². The van der Waals surface area contributed by atoms with Gasteiger partial charge in [-0.25, -0.2) is 4.98 Å². The number of nitrogens with zero attached hydrogens (tertiary/aromatic N) is 3. The third kappa shape index (κ3) is 3.86. The third-order valence-electron chi connectivity index (χ3n) is 3.05. The Hall–Kier alpha value is -1.32. The number of aryl methyl sites for hydroxylation is 2. The molecule has 1 amide bonds. The van der Waals surface area contributed by atoms with Crippen molar-refractivity contribution in [2.24, 2.45) is 0 Å². The monoisotopic (exact) mass is 250 g/mol. The average Bonchev–Trinajstić information content (AvgIpc) is 2.63. The minimum absolute atomic E-state index is 0.238. The summed E-state index contributed by atoms with van der Waals surface area (Å²) in [6.07, 6.45) is 6.09. The van der Waals surface area contributed by atoms with Crippen LogP contribution in [0.3, 0.4) is 0 Å². The van der Waals surface area contributed by atoms with Crippen molar-refractivity contribution in [2.45, 2.75) is 66.1 Å². The van der Waals surface area contributed by atoms with Crippen molar-refractivity contribution in [2.75, 3.05) is 0 Å². The molecule has 0 fully saturated rings. The van der Waals surface area contributed by atoms with Crippen LogP contribution >= 0.6 is 0 Å². The van der Waals surface area contributed by atoms with Crippen molar-refractivity contribution in [3.8, 4) is 0 Å². The maximum absolute atomic E-state index is 12.1. The van der Waals surface area contributed by atoms with E-state index < -0.39 is 0 Å². The van der Waals surface area contributed by atoms with Crippen LogP contribution in [-0.4, -0.2) is 32.4 Å². The van der Waals surface area contributed by atoms with Gasteiger partial charge < -0.3 is 9.47 Å². The second-order valence-corrected chi connectivity index (χ2v) is 5.20. The normalized spacial score (nSPS) is 11.3. The van der Waals surface area contributed by atoms with Crippen molar-refractivity contribution in [3.05, 3.63) is 18.2 Å². The molecule has 0 bridgehead atoms. The van der Waals surface area contributed by atoms with Crippen LogP contribution in [0.1, 0.15) is 46.4 Å². The van der Waals surface area contributed by atoms with Crippen molar-refractivity contribution >= 4 is 5.91 Å². The fraction of sp³-hybridized carbons (Fsp3) is 0.714. The van der Waals surface area contributed by atoms with Gasteiger partial charge in [-0.1, -0.05) is 0 Å². The van der Waals surface area contributed by atoms with E-state index in [2.05, 4.69) is 38.9 Å². The van der Waals surface area contributed by atoms with Gasteiger partial charge in [-0.15, -0.1) is 0 Å². The predicted molar refractivity (Wildman–Crippen MR) is 72.2 cm³/mol. The maximum atomic E-state index is 12.1. The van der Waals surface area contributed by atoms with Gasteiger partial charge in [0.2, 0.25) is 5.91 Å². The standard InChI is InChI=1S/C14H24N3O/c1-11(2)17(12(3)4)14(18)7-6-9-16-10-8-15-13(16)5/h10-12H,6-7,9H2,1-5H3. The molecule has 0 aromatic carbocycles. The molecule has 0 saturated carbocycles. The van der Waals surface area contributed by atoms with Crippen LogP contribution in [0.4, 0.5) is 0 Å². The van der Waals surface area contributed by atoms with Crippen LogP contribution in [-0.2, 0) is 11.3 Å². The first-order valence-electron chi connectivity index (χ1n) is 6.64. The second-order valence-electron chi connectivity index (χ2n) is 5.20. The molecular formula is C14H24N3O. The van der Waals surface area contributed by atoms with E-state index in [1.807, 2.05) is 22.6 Å². The summed E-state index contributed by atoms with van der Waals surface area (Å²) in [6.45, 7) is 11.0. The lowest BCUT2D eigenvalue weighted by Crippen LogP contribution is -2.42. The molecule has 18 heavy (non-hydrogen) atoms. The van der Waals surface area contributed by atoms with Gasteiger partial charge >= 0.3 is 0 Å². The third-order valence-corrected chi connectivity index (χ3v) is 3.05. The van der Waals surface area contributed by atoms with Gasteiger partial charge in [-0.2, -0.15) is 0 Å². The Morgan fingerprint density at radius 2 is 2.00 bits per heavy atom. The highest BCUT2D eigenvalue weighted by molar-refractivity contribution is 5.76. The van der Waals surface area contributed by atoms with Gasteiger partial charge in [0, 0.05) is 31.2 Å². The van der Waals surface area contributed by atoms with Crippen LogP contribution in [0, 0.1) is 13.1 Å². The van der Waals surface area contributed by atoms with Crippen LogP contribution in [0.15, 0.2) is 6.20 Å². The lowest BCUT2D eigenvalue weighted by molar-refractivity contribution is -0.134. The molecule has 1 aromatic heterocycles. The highest BCUT2D eigenvalue weighted by Crippen LogP contribution is 2.09. The molecular weight excluding hydrogens is 226 g/mol. The summed E-state index contributed by atoms with van der Waals surface area (Å²) in [5.74, 6) is 1.19. The Kier molecular flexibility index (Phi) is 5.38. The molecule has 0 spiro atoms. The van der Waals surface area contributed by atoms with E-state index in [-0.39, 0.29) is 18.0 Å². The summed E-state index contributed by atoms with van der Waals surface area (Å²) in [5, 5.41) is 0. The minimum atomic E-state index is 0.238. The fourth-order valence-corrected chi connectivity index (χ4v) is 2.28. The lowest BCUT2D eigenvalue weighted by atomic mass is 10.2. The Balaban J connectivity index is 2.43. The lowest BCUT2D eigenvalue weighted by Gasteiger charge is -2.30. The molecule has 4 nitrogen and oxygen atoms in total. The molecule has 0 aliphatic carbocycles. The number of aromatic nitrogens is 2. The molecule has 1 heterocycles. The first-order valence-corrected chi connectivity index (χ1v) is 6.64. The number of carbonyl (C=O) groups excluding carboxylic acids is 1. The van der Waals surface area contributed by atoms with E-state index in [1.165, 1.54) is 0 Å². The van der Waals surface area contributed by atoms with Gasteiger partial charge in [0.05, 0.1) is 0 Å². The molecule has 0 aliphatic rings. The number of amides is 1. The number of imidazole rings is 1. The zero-order chi connectivity index (χ0) is 13.7. The Morgan fingerprint density at radius 1 is 1.39 bits per heavy atom. The van der Waals surface area contributed by atoms with E-state index in [0.717, 1.165) is 18.8 Å². The summed E-state index contributed by atoms with van der Waals surface area (Å²) in [7, 11) is 0. The van der Waals surface area contributed by atoms with Gasteiger partial charge in [-0.05, 0) is 41.0 Å². The van der Waals surface area contributed by atoms with Crippen molar-refractivity contribution < 1.29 is 4.79 Å². The van der Waals surface area contributed by atoms with Crippen LogP contribution in [0.2, 0.25) is 0 Å². The van der Waals surface area contributed by atoms with Gasteiger partial charge in [0.1, 0.15) is 12.0 Å². The Labute approximate surface area is 110 Å². The molecule has 0 aliphatic heterocycles. The molecule has 1 rings (SSSR count). The Morgan fingerprint density at radius 3 is 2.44 bits per heavy atom. The molecule has 0 N–H and O–H groups in total.